The van der Waals surface area contributed by atoms with Gasteiger partial charge in [-0.1, -0.05) is 26.0 Å². The maximum absolute atomic E-state index is 5.49. The van der Waals surface area contributed by atoms with Gasteiger partial charge in [0, 0.05) is 12.0 Å². The summed E-state index contributed by atoms with van der Waals surface area (Å²) in [5, 5.41) is 3.51. The first kappa shape index (κ1) is 16.0. The van der Waals surface area contributed by atoms with Gasteiger partial charge in [0.05, 0.1) is 6.61 Å². The van der Waals surface area contributed by atoms with Crippen molar-refractivity contribution in [1.82, 2.24) is 5.32 Å². The highest BCUT2D eigenvalue weighted by atomic mass is 16.5. The van der Waals surface area contributed by atoms with Gasteiger partial charge in [0.1, 0.15) is 5.75 Å². The van der Waals surface area contributed by atoms with Crippen LogP contribution in [0.2, 0.25) is 0 Å². The van der Waals surface area contributed by atoms with E-state index in [4.69, 9.17) is 10.5 Å². The van der Waals surface area contributed by atoms with E-state index in [0.29, 0.717) is 6.61 Å². The van der Waals surface area contributed by atoms with Crippen LogP contribution in [0.15, 0.2) is 24.3 Å². The van der Waals surface area contributed by atoms with Crippen molar-refractivity contribution < 1.29 is 4.74 Å². The van der Waals surface area contributed by atoms with Gasteiger partial charge in [0.15, 0.2) is 0 Å². The molecule has 108 valence electrons. The molecule has 0 radical (unpaired) electrons. The minimum atomic E-state index is 0.132. The van der Waals surface area contributed by atoms with Gasteiger partial charge in [-0.05, 0) is 50.6 Å². The van der Waals surface area contributed by atoms with Crippen LogP contribution in [0, 0.1) is 0 Å². The largest absolute Gasteiger partial charge is 0.494 e. The number of nitrogens with two attached hydrogens (primary N) is 1. The number of benzene rings is 1. The van der Waals surface area contributed by atoms with Gasteiger partial charge in [-0.2, -0.15) is 0 Å². The molecule has 0 aliphatic rings. The Hall–Kier alpha value is -1.06. The van der Waals surface area contributed by atoms with E-state index in [2.05, 4.69) is 43.4 Å². The average Bonchev–Trinajstić information content (AvgIpc) is 2.39. The fourth-order valence-corrected chi connectivity index (χ4v) is 2.07. The summed E-state index contributed by atoms with van der Waals surface area (Å²) >= 11 is 0. The summed E-state index contributed by atoms with van der Waals surface area (Å²) in [6.45, 7) is 10.0. The normalized spacial score (nSPS) is 11.6. The first-order chi connectivity index (χ1) is 9.10. The summed E-state index contributed by atoms with van der Waals surface area (Å²) in [5.41, 5.74) is 6.95. The molecule has 0 bridgehead atoms. The Morgan fingerprint density at radius 2 is 1.84 bits per heavy atom. The molecule has 1 aromatic rings. The first-order valence-electron chi connectivity index (χ1n) is 7.24. The van der Waals surface area contributed by atoms with Crippen LogP contribution in [0.3, 0.4) is 0 Å². The summed E-state index contributed by atoms with van der Waals surface area (Å²) in [6.07, 6.45) is 2.24. The van der Waals surface area contributed by atoms with Crippen molar-refractivity contribution in [2.75, 3.05) is 26.2 Å². The number of hydrogen-bond acceptors (Lipinski definition) is 3. The SMILES string of the molecule is CCOc1ccc(C(C)(C)CNCCCCN)cc1. The molecule has 19 heavy (non-hydrogen) atoms. The molecule has 0 atom stereocenters. The number of ether oxygens (including phenoxy) is 1. The van der Waals surface area contributed by atoms with Gasteiger partial charge in [0.2, 0.25) is 0 Å². The molecule has 0 spiro atoms. The lowest BCUT2D eigenvalue weighted by Gasteiger charge is -2.26. The molecular weight excluding hydrogens is 236 g/mol. The average molecular weight is 264 g/mol. The Balaban J connectivity index is 2.46. The summed E-state index contributed by atoms with van der Waals surface area (Å²) < 4.78 is 5.47. The van der Waals surface area contributed by atoms with Gasteiger partial charge in [-0.3, -0.25) is 0 Å². The van der Waals surface area contributed by atoms with E-state index >= 15 is 0 Å². The molecule has 0 fully saturated rings. The quantitative estimate of drug-likeness (QED) is 0.674. The third kappa shape index (κ3) is 5.62. The standard InChI is InChI=1S/C16H28N2O/c1-4-19-15-9-7-14(8-10-15)16(2,3)13-18-12-6-5-11-17/h7-10,18H,4-6,11-13,17H2,1-3H3. The van der Waals surface area contributed by atoms with Crippen LogP contribution in [-0.4, -0.2) is 26.2 Å². The maximum atomic E-state index is 5.49. The minimum absolute atomic E-state index is 0.132. The van der Waals surface area contributed by atoms with E-state index in [1.54, 1.807) is 0 Å². The molecule has 0 unspecified atom stereocenters. The lowest BCUT2D eigenvalue weighted by molar-refractivity contribution is 0.340. The molecular formula is C16H28N2O. The molecule has 3 nitrogen and oxygen atoms in total. The molecule has 0 saturated carbocycles. The molecule has 1 rings (SSSR count). The Labute approximate surface area is 117 Å². The predicted molar refractivity (Wildman–Crippen MR) is 81.8 cm³/mol. The topological polar surface area (TPSA) is 47.3 Å². The van der Waals surface area contributed by atoms with E-state index < -0.39 is 0 Å². The van der Waals surface area contributed by atoms with Crippen LogP contribution in [0.4, 0.5) is 0 Å². The zero-order valence-corrected chi connectivity index (χ0v) is 12.5. The molecule has 1 aromatic carbocycles. The van der Waals surface area contributed by atoms with Crippen molar-refractivity contribution in [3.63, 3.8) is 0 Å². The highest BCUT2D eigenvalue weighted by Gasteiger charge is 2.19. The van der Waals surface area contributed by atoms with E-state index in [-0.39, 0.29) is 5.41 Å². The lowest BCUT2D eigenvalue weighted by Crippen LogP contribution is -2.33. The highest BCUT2D eigenvalue weighted by molar-refractivity contribution is 5.31. The van der Waals surface area contributed by atoms with E-state index in [1.165, 1.54) is 5.56 Å². The number of unbranched alkanes of at least 4 members (excludes halogenated alkanes) is 1. The second-order valence-corrected chi connectivity index (χ2v) is 5.51. The van der Waals surface area contributed by atoms with Gasteiger partial charge in [0.25, 0.3) is 0 Å². The zero-order valence-electron chi connectivity index (χ0n) is 12.5. The lowest BCUT2D eigenvalue weighted by atomic mass is 9.84. The summed E-state index contributed by atoms with van der Waals surface area (Å²) in [5.74, 6) is 0.943. The fraction of sp³-hybridized carbons (Fsp3) is 0.625. The number of nitrogens with one attached hydrogen (secondary N) is 1. The Morgan fingerprint density at radius 3 is 2.42 bits per heavy atom. The highest BCUT2D eigenvalue weighted by Crippen LogP contribution is 2.24. The third-order valence-electron chi connectivity index (χ3n) is 3.32. The predicted octanol–water partition coefficient (Wildman–Crippen LogP) is 2.69. The zero-order chi connectivity index (χ0) is 14.1. The van der Waals surface area contributed by atoms with Gasteiger partial charge in [-0.25, -0.2) is 0 Å². The van der Waals surface area contributed by atoms with E-state index in [9.17, 15) is 0 Å². The first-order valence-corrected chi connectivity index (χ1v) is 7.24. The van der Waals surface area contributed by atoms with E-state index in [0.717, 1.165) is 38.2 Å². The molecule has 3 N–H and O–H groups in total. The van der Waals surface area contributed by atoms with Gasteiger partial charge < -0.3 is 15.8 Å². The van der Waals surface area contributed by atoms with E-state index in [1.807, 2.05) is 6.92 Å². The number of rotatable bonds is 9. The molecule has 0 heterocycles. The molecule has 0 saturated heterocycles. The van der Waals surface area contributed by atoms with Crippen molar-refractivity contribution in [2.24, 2.45) is 5.73 Å². The molecule has 0 aliphatic heterocycles. The van der Waals surface area contributed by atoms with Crippen molar-refractivity contribution >= 4 is 0 Å². The minimum Gasteiger partial charge on any atom is -0.494 e. The summed E-state index contributed by atoms with van der Waals surface area (Å²) in [7, 11) is 0. The van der Waals surface area contributed by atoms with Gasteiger partial charge >= 0.3 is 0 Å². The van der Waals surface area contributed by atoms with Crippen molar-refractivity contribution in [1.29, 1.82) is 0 Å². The fourth-order valence-electron chi connectivity index (χ4n) is 2.07. The van der Waals surface area contributed by atoms with Crippen LogP contribution < -0.4 is 15.8 Å². The monoisotopic (exact) mass is 264 g/mol. The molecule has 0 aromatic heterocycles. The second kappa shape index (κ2) is 8.18. The van der Waals surface area contributed by atoms with Crippen LogP contribution in [0.25, 0.3) is 0 Å². The Bertz CT molecular complexity index is 346. The smallest absolute Gasteiger partial charge is 0.119 e. The van der Waals surface area contributed by atoms with Crippen molar-refractivity contribution in [3.05, 3.63) is 29.8 Å². The number of hydrogen-bond donors (Lipinski definition) is 2. The maximum Gasteiger partial charge on any atom is 0.119 e. The van der Waals surface area contributed by atoms with Crippen LogP contribution in [0.1, 0.15) is 39.2 Å². The van der Waals surface area contributed by atoms with Crippen molar-refractivity contribution in [2.45, 2.75) is 39.0 Å². The Kier molecular flexibility index (Phi) is 6.89. The summed E-state index contributed by atoms with van der Waals surface area (Å²) in [4.78, 5) is 0. The molecule has 0 aliphatic carbocycles. The Morgan fingerprint density at radius 1 is 1.16 bits per heavy atom. The van der Waals surface area contributed by atoms with Crippen molar-refractivity contribution in [3.8, 4) is 5.75 Å². The molecule has 3 heteroatoms. The van der Waals surface area contributed by atoms with Crippen LogP contribution in [-0.2, 0) is 5.41 Å². The van der Waals surface area contributed by atoms with Crippen LogP contribution in [0.5, 0.6) is 5.75 Å². The van der Waals surface area contributed by atoms with Crippen LogP contribution >= 0.6 is 0 Å². The second-order valence-electron chi connectivity index (χ2n) is 5.51. The van der Waals surface area contributed by atoms with Gasteiger partial charge in [-0.15, -0.1) is 0 Å². The summed E-state index contributed by atoms with van der Waals surface area (Å²) in [6, 6.07) is 8.42. The third-order valence-corrected chi connectivity index (χ3v) is 3.32. The molecule has 0 amide bonds.